The molecular weight excluding hydrogens is 582 g/mol. The average molecular weight is 627 g/mol. The molecule has 3 atom stereocenters. The van der Waals surface area contributed by atoms with Crippen LogP contribution in [0.5, 0.6) is 0 Å². The second kappa shape index (κ2) is 14.1. The van der Waals surface area contributed by atoms with Crippen molar-refractivity contribution < 1.29 is 18.4 Å². The van der Waals surface area contributed by atoms with Crippen LogP contribution in [0.2, 0.25) is 0 Å². The number of hydrogen-bond acceptors (Lipinski definition) is 4. The molecule has 1 aliphatic heterocycles. The molecule has 0 unspecified atom stereocenters. The largest absolute Gasteiger partial charge is 0.345 e. The number of rotatable bonds is 7. The van der Waals surface area contributed by atoms with Crippen LogP contribution in [0.1, 0.15) is 110 Å². The number of hydrogen-bond donors (Lipinski definition) is 1. The Labute approximate surface area is 271 Å². The van der Waals surface area contributed by atoms with E-state index in [0.29, 0.717) is 37.1 Å². The molecule has 2 aromatic carbocycles. The van der Waals surface area contributed by atoms with Gasteiger partial charge in [0.1, 0.15) is 18.0 Å². The Morgan fingerprint density at radius 1 is 1.02 bits per heavy atom. The van der Waals surface area contributed by atoms with Crippen molar-refractivity contribution in [3.05, 3.63) is 113 Å². The lowest BCUT2D eigenvalue weighted by Crippen LogP contribution is -2.44. The molecule has 2 aliphatic rings. The smallest absolute Gasteiger partial charge is 0.254 e. The first kappa shape index (κ1) is 33.2. The lowest BCUT2D eigenvalue weighted by Gasteiger charge is -2.40. The molecule has 0 radical (unpaired) electrons. The summed E-state index contributed by atoms with van der Waals surface area (Å²) in [5.41, 5.74) is 5.15. The highest BCUT2D eigenvalue weighted by Crippen LogP contribution is 2.44. The standard InChI is InChI=1S/C38H44F2N4O2/c1-6-25-7-10-30(33(17-25)24(2)43-36(45)28-21-41-23-42-22-28)27-13-15-44(16-14-27)37(46)34-18-26(20-38(3,4)5)8-11-31(34)32-12-9-29(39)19-35(32)40/h6-7,9-10,12,17,19-24,27,31,34H,1,8,11,13-16,18H2,2-5H3,(H,43,45)/t24-,31-,34+/m0/s1. The molecule has 5 rings (SSSR count). The van der Waals surface area contributed by atoms with E-state index in [1.165, 1.54) is 36.4 Å². The first-order chi connectivity index (χ1) is 21.9. The summed E-state index contributed by atoms with van der Waals surface area (Å²) in [7, 11) is 0. The van der Waals surface area contributed by atoms with Gasteiger partial charge in [0, 0.05) is 37.5 Å². The Morgan fingerprint density at radius 2 is 1.72 bits per heavy atom. The summed E-state index contributed by atoms with van der Waals surface area (Å²) in [6.45, 7) is 13.5. The van der Waals surface area contributed by atoms with Gasteiger partial charge in [-0.05, 0) is 90.7 Å². The highest BCUT2D eigenvalue weighted by molar-refractivity contribution is 5.93. The van der Waals surface area contributed by atoms with Gasteiger partial charge in [-0.2, -0.15) is 0 Å². The van der Waals surface area contributed by atoms with Crippen LogP contribution in [0.3, 0.4) is 0 Å². The summed E-state index contributed by atoms with van der Waals surface area (Å²) in [6.07, 6.45) is 12.0. The van der Waals surface area contributed by atoms with E-state index in [1.54, 1.807) is 6.08 Å². The van der Waals surface area contributed by atoms with E-state index in [2.05, 4.69) is 60.8 Å². The van der Waals surface area contributed by atoms with Crippen LogP contribution in [-0.4, -0.2) is 39.8 Å². The zero-order valence-corrected chi connectivity index (χ0v) is 27.2. The van der Waals surface area contributed by atoms with Crippen LogP contribution in [0, 0.1) is 23.0 Å². The minimum absolute atomic E-state index is 0.0282. The van der Waals surface area contributed by atoms with Crippen molar-refractivity contribution in [1.29, 1.82) is 0 Å². The third-order valence-corrected chi connectivity index (χ3v) is 9.29. The fraction of sp³-hybridized carbons (Fsp3) is 0.421. The highest BCUT2D eigenvalue weighted by atomic mass is 19.1. The predicted molar refractivity (Wildman–Crippen MR) is 177 cm³/mol. The number of allylic oxidation sites excluding steroid dienone is 2. The zero-order chi connectivity index (χ0) is 33.0. The molecule has 1 N–H and O–H groups in total. The zero-order valence-electron chi connectivity index (χ0n) is 27.2. The third-order valence-electron chi connectivity index (χ3n) is 9.29. The quantitative estimate of drug-likeness (QED) is 0.269. The third kappa shape index (κ3) is 7.77. The highest BCUT2D eigenvalue weighted by Gasteiger charge is 2.39. The molecule has 2 heterocycles. The SMILES string of the molecule is C=Cc1ccc(C2CCN(C(=O)[C@@H]3CC(=CC(C)(C)C)CC[C@H]3c3ccc(F)cc3F)CC2)c([C@H](C)NC(=O)c2cncnc2)c1. The van der Waals surface area contributed by atoms with E-state index in [9.17, 15) is 14.0 Å². The summed E-state index contributed by atoms with van der Waals surface area (Å²) in [5.74, 6) is -1.91. The number of carbonyl (C=O) groups excluding carboxylic acids is 2. The summed E-state index contributed by atoms with van der Waals surface area (Å²) >= 11 is 0. The maximum Gasteiger partial charge on any atom is 0.254 e. The van der Waals surface area contributed by atoms with Crippen molar-refractivity contribution in [2.24, 2.45) is 11.3 Å². The monoisotopic (exact) mass is 626 g/mol. The molecular formula is C38H44F2N4O2. The summed E-state index contributed by atoms with van der Waals surface area (Å²) in [4.78, 5) is 37.0. The average Bonchev–Trinajstić information content (AvgIpc) is 3.04. The molecule has 242 valence electrons. The lowest BCUT2D eigenvalue weighted by molar-refractivity contribution is -0.137. The van der Waals surface area contributed by atoms with E-state index < -0.39 is 17.6 Å². The Hall–Kier alpha value is -4.20. The van der Waals surface area contributed by atoms with Crippen LogP contribution in [-0.2, 0) is 4.79 Å². The van der Waals surface area contributed by atoms with Gasteiger partial charge in [0.25, 0.3) is 5.91 Å². The molecule has 0 spiro atoms. The Bertz CT molecular complexity index is 1610. The Kier molecular flexibility index (Phi) is 10.1. The van der Waals surface area contributed by atoms with Gasteiger partial charge in [0.15, 0.2) is 0 Å². The van der Waals surface area contributed by atoms with E-state index in [1.807, 2.05) is 17.9 Å². The van der Waals surface area contributed by atoms with E-state index >= 15 is 4.39 Å². The fourth-order valence-corrected chi connectivity index (χ4v) is 7.13. The van der Waals surface area contributed by atoms with Gasteiger partial charge >= 0.3 is 0 Å². The summed E-state index contributed by atoms with van der Waals surface area (Å²) in [6, 6.07) is 9.67. The normalized spacial score (nSPS) is 20.7. The van der Waals surface area contributed by atoms with Crippen LogP contribution in [0.25, 0.3) is 6.08 Å². The molecule has 1 aromatic heterocycles. The molecule has 2 fully saturated rings. The number of aromatic nitrogens is 2. The molecule has 1 saturated carbocycles. The molecule has 0 bridgehead atoms. The van der Waals surface area contributed by atoms with Crippen molar-refractivity contribution in [2.75, 3.05) is 13.1 Å². The van der Waals surface area contributed by atoms with Crippen molar-refractivity contribution in [2.45, 2.75) is 77.7 Å². The maximum atomic E-state index is 15.0. The molecule has 2 amide bonds. The van der Waals surface area contributed by atoms with Crippen LogP contribution >= 0.6 is 0 Å². The minimum atomic E-state index is -0.612. The first-order valence-electron chi connectivity index (χ1n) is 16.2. The number of piperidine rings is 1. The number of carbonyl (C=O) groups is 2. The van der Waals surface area contributed by atoms with Gasteiger partial charge in [-0.1, -0.05) is 63.3 Å². The van der Waals surface area contributed by atoms with Gasteiger partial charge in [-0.25, -0.2) is 18.7 Å². The number of likely N-dealkylation sites (tertiary alicyclic amines) is 1. The fourth-order valence-electron chi connectivity index (χ4n) is 7.13. The number of nitrogens with one attached hydrogen (secondary N) is 1. The first-order valence-corrected chi connectivity index (χ1v) is 16.2. The van der Waals surface area contributed by atoms with E-state index in [-0.39, 0.29) is 35.1 Å². The van der Waals surface area contributed by atoms with Crippen molar-refractivity contribution in [3.63, 3.8) is 0 Å². The number of benzene rings is 2. The van der Waals surface area contributed by atoms with Crippen molar-refractivity contribution in [1.82, 2.24) is 20.2 Å². The van der Waals surface area contributed by atoms with Crippen LogP contribution < -0.4 is 5.32 Å². The molecule has 1 saturated heterocycles. The second-order valence-electron chi connectivity index (χ2n) is 13.8. The topological polar surface area (TPSA) is 75.2 Å². The molecule has 1 aliphatic carbocycles. The number of halogens is 2. The Morgan fingerprint density at radius 3 is 2.37 bits per heavy atom. The number of amides is 2. The van der Waals surface area contributed by atoms with Gasteiger partial charge in [0.2, 0.25) is 5.91 Å². The van der Waals surface area contributed by atoms with Crippen molar-refractivity contribution in [3.8, 4) is 0 Å². The summed E-state index contributed by atoms with van der Waals surface area (Å²) < 4.78 is 28.8. The van der Waals surface area contributed by atoms with Gasteiger partial charge < -0.3 is 10.2 Å². The van der Waals surface area contributed by atoms with Crippen LogP contribution in [0.4, 0.5) is 8.78 Å². The maximum absolute atomic E-state index is 15.0. The van der Waals surface area contributed by atoms with Gasteiger partial charge in [-0.3, -0.25) is 9.59 Å². The van der Waals surface area contributed by atoms with Gasteiger partial charge in [0.05, 0.1) is 11.6 Å². The van der Waals surface area contributed by atoms with Crippen molar-refractivity contribution >= 4 is 17.9 Å². The van der Waals surface area contributed by atoms with Crippen LogP contribution in [0.15, 0.2) is 73.3 Å². The summed E-state index contributed by atoms with van der Waals surface area (Å²) in [5, 5.41) is 3.08. The van der Waals surface area contributed by atoms with E-state index in [4.69, 9.17) is 0 Å². The molecule has 3 aromatic rings. The van der Waals surface area contributed by atoms with Gasteiger partial charge in [-0.15, -0.1) is 0 Å². The number of nitrogens with zero attached hydrogens (tertiary/aromatic N) is 3. The minimum Gasteiger partial charge on any atom is -0.345 e. The predicted octanol–water partition coefficient (Wildman–Crippen LogP) is 8.15. The van der Waals surface area contributed by atoms with E-state index in [0.717, 1.165) is 42.0 Å². The molecule has 46 heavy (non-hydrogen) atoms. The molecule has 8 heteroatoms. The molecule has 6 nitrogen and oxygen atoms in total. The Balaban J connectivity index is 1.34. The lowest BCUT2D eigenvalue weighted by atomic mass is 9.71. The second-order valence-corrected chi connectivity index (χ2v) is 13.8.